The second-order valence-electron chi connectivity index (χ2n) is 4.49. The van der Waals surface area contributed by atoms with Crippen molar-refractivity contribution in [2.75, 3.05) is 14.2 Å². The molecule has 0 aliphatic rings. The highest BCUT2D eigenvalue weighted by Crippen LogP contribution is 2.20. The summed E-state index contributed by atoms with van der Waals surface area (Å²) in [6.45, 7) is 1.69. The van der Waals surface area contributed by atoms with E-state index >= 15 is 0 Å². The summed E-state index contributed by atoms with van der Waals surface area (Å²) in [4.78, 5) is 11.5. The zero-order valence-electron chi connectivity index (χ0n) is 11.4. The van der Waals surface area contributed by atoms with E-state index in [0.29, 0.717) is 12.8 Å². The lowest BCUT2D eigenvalue weighted by atomic mass is 10.0. The quantitative estimate of drug-likeness (QED) is 0.770. The van der Waals surface area contributed by atoms with Crippen molar-refractivity contribution in [1.82, 2.24) is 5.32 Å². The second-order valence-corrected chi connectivity index (χ2v) is 4.49. The number of halogens is 1. The minimum atomic E-state index is -0.809. The zero-order chi connectivity index (χ0) is 14.4. The molecule has 0 aromatic heterocycles. The molecule has 0 bridgehead atoms. The van der Waals surface area contributed by atoms with Gasteiger partial charge in [0.15, 0.2) is 0 Å². The molecule has 5 heteroatoms. The van der Waals surface area contributed by atoms with E-state index in [9.17, 15) is 14.3 Å². The van der Waals surface area contributed by atoms with E-state index in [1.54, 1.807) is 26.1 Å². The SMILES string of the molecule is CNC(C(=O)OC)c1ccc(CCC(C)O)cc1F. The Balaban J connectivity index is 2.89. The van der Waals surface area contributed by atoms with E-state index in [4.69, 9.17) is 0 Å². The number of nitrogens with one attached hydrogen (secondary N) is 1. The lowest BCUT2D eigenvalue weighted by molar-refractivity contribution is -0.143. The number of ether oxygens (including phenoxy) is 1. The number of benzene rings is 1. The number of aliphatic hydroxyl groups is 1. The van der Waals surface area contributed by atoms with E-state index in [1.165, 1.54) is 13.2 Å². The van der Waals surface area contributed by atoms with Crippen molar-refractivity contribution in [3.05, 3.63) is 35.1 Å². The van der Waals surface area contributed by atoms with Crippen LogP contribution in [0.5, 0.6) is 0 Å². The Kier molecular flexibility index (Phi) is 5.92. The van der Waals surface area contributed by atoms with Crippen molar-refractivity contribution in [2.24, 2.45) is 0 Å². The van der Waals surface area contributed by atoms with Crippen LogP contribution in [0.3, 0.4) is 0 Å². The Labute approximate surface area is 112 Å². The average molecular weight is 269 g/mol. The molecule has 1 rings (SSSR count). The summed E-state index contributed by atoms with van der Waals surface area (Å²) in [5.41, 5.74) is 1.05. The van der Waals surface area contributed by atoms with Gasteiger partial charge in [0, 0.05) is 5.56 Å². The van der Waals surface area contributed by atoms with Gasteiger partial charge in [-0.15, -0.1) is 0 Å². The lowest BCUT2D eigenvalue weighted by Crippen LogP contribution is -2.27. The van der Waals surface area contributed by atoms with Crippen LogP contribution in [0.1, 0.15) is 30.5 Å². The highest BCUT2D eigenvalue weighted by Gasteiger charge is 2.22. The molecule has 0 saturated heterocycles. The largest absolute Gasteiger partial charge is 0.468 e. The summed E-state index contributed by atoms with van der Waals surface area (Å²) in [5, 5.41) is 11.9. The Morgan fingerprint density at radius 3 is 2.68 bits per heavy atom. The fourth-order valence-electron chi connectivity index (χ4n) is 1.85. The van der Waals surface area contributed by atoms with Gasteiger partial charge in [-0.3, -0.25) is 0 Å². The molecule has 2 unspecified atom stereocenters. The molecule has 0 amide bonds. The van der Waals surface area contributed by atoms with Gasteiger partial charge in [-0.1, -0.05) is 12.1 Å². The van der Waals surface area contributed by atoms with E-state index < -0.39 is 23.9 Å². The topological polar surface area (TPSA) is 58.6 Å². The Bertz CT molecular complexity index is 435. The predicted octanol–water partition coefficient (Wildman–Crippen LogP) is 1.57. The highest BCUT2D eigenvalue weighted by atomic mass is 19.1. The first-order valence-corrected chi connectivity index (χ1v) is 6.21. The number of hydrogen-bond acceptors (Lipinski definition) is 4. The fourth-order valence-corrected chi connectivity index (χ4v) is 1.85. The Hall–Kier alpha value is -1.46. The van der Waals surface area contributed by atoms with Crippen molar-refractivity contribution in [1.29, 1.82) is 0 Å². The average Bonchev–Trinajstić information content (AvgIpc) is 2.38. The first-order chi connectivity index (χ1) is 8.99. The number of aryl methyl sites for hydroxylation is 1. The van der Waals surface area contributed by atoms with Crippen molar-refractivity contribution in [3.63, 3.8) is 0 Å². The van der Waals surface area contributed by atoms with Gasteiger partial charge in [-0.2, -0.15) is 0 Å². The lowest BCUT2D eigenvalue weighted by Gasteiger charge is -2.15. The predicted molar refractivity (Wildman–Crippen MR) is 70.2 cm³/mol. The van der Waals surface area contributed by atoms with Crippen LogP contribution in [0, 0.1) is 5.82 Å². The van der Waals surface area contributed by atoms with E-state index in [-0.39, 0.29) is 5.56 Å². The molecule has 2 N–H and O–H groups in total. The Morgan fingerprint density at radius 1 is 1.53 bits per heavy atom. The molecule has 0 aliphatic heterocycles. The van der Waals surface area contributed by atoms with Crippen LogP contribution in [0.25, 0.3) is 0 Å². The van der Waals surface area contributed by atoms with Crippen LogP contribution in [-0.2, 0) is 16.0 Å². The van der Waals surface area contributed by atoms with Crippen molar-refractivity contribution >= 4 is 5.97 Å². The summed E-state index contributed by atoms with van der Waals surface area (Å²) < 4.78 is 18.6. The van der Waals surface area contributed by atoms with Crippen molar-refractivity contribution in [2.45, 2.75) is 31.9 Å². The molecule has 0 spiro atoms. The minimum Gasteiger partial charge on any atom is -0.468 e. The molecule has 0 fully saturated rings. The third kappa shape index (κ3) is 4.29. The molecule has 19 heavy (non-hydrogen) atoms. The van der Waals surface area contributed by atoms with Gasteiger partial charge < -0.3 is 15.2 Å². The summed E-state index contributed by atoms with van der Waals surface area (Å²) >= 11 is 0. The van der Waals surface area contributed by atoms with Gasteiger partial charge in [0.05, 0.1) is 13.2 Å². The van der Waals surface area contributed by atoms with Gasteiger partial charge in [0.1, 0.15) is 11.9 Å². The van der Waals surface area contributed by atoms with Crippen LogP contribution < -0.4 is 5.32 Å². The first-order valence-electron chi connectivity index (χ1n) is 6.21. The third-order valence-corrected chi connectivity index (χ3v) is 2.95. The maximum Gasteiger partial charge on any atom is 0.327 e. The number of methoxy groups -OCH3 is 1. The minimum absolute atomic E-state index is 0.259. The molecule has 0 saturated carbocycles. The molecule has 4 nitrogen and oxygen atoms in total. The van der Waals surface area contributed by atoms with Crippen molar-refractivity contribution in [3.8, 4) is 0 Å². The van der Waals surface area contributed by atoms with Gasteiger partial charge in [-0.25, -0.2) is 9.18 Å². The molecular formula is C14H20FNO3. The second kappa shape index (κ2) is 7.21. The van der Waals surface area contributed by atoms with E-state index in [0.717, 1.165) is 5.56 Å². The summed E-state index contributed by atoms with van der Waals surface area (Å²) in [6, 6.07) is 3.92. The van der Waals surface area contributed by atoms with Crippen molar-refractivity contribution < 1.29 is 19.0 Å². The molecule has 2 atom stereocenters. The molecule has 0 heterocycles. The van der Waals surface area contributed by atoms with Crippen LogP contribution in [0.15, 0.2) is 18.2 Å². The highest BCUT2D eigenvalue weighted by molar-refractivity contribution is 5.77. The smallest absolute Gasteiger partial charge is 0.327 e. The van der Waals surface area contributed by atoms with E-state index in [1.807, 2.05) is 0 Å². The zero-order valence-corrected chi connectivity index (χ0v) is 11.4. The van der Waals surface area contributed by atoms with Crippen LogP contribution in [0.2, 0.25) is 0 Å². The van der Waals surface area contributed by atoms with Gasteiger partial charge in [-0.05, 0) is 38.4 Å². The molecular weight excluding hydrogens is 249 g/mol. The number of rotatable bonds is 6. The molecule has 0 radical (unpaired) electrons. The maximum atomic E-state index is 14.0. The third-order valence-electron chi connectivity index (χ3n) is 2.95. The standard InChI is InChI=1S/C14H20FNO3/c1-9(17)4-5-10-6-7-11(12(15)8-10)13(16-2)14(18)19-3/h6-9,13,16-17H,4-5H2,1-3H3. The van der Waals surface area contributed by atoms with Crippen LogP contribution in [-0.4, -0.2) is 31.3 Å². The molecule has 106 valence electrons. The fraction of sp³-hybridized carbons (Fsp3) is 0.500. The van der Waals surface area contributed by atoms with Crippen LogP contribution >= 0.6 is 0 Å². The van der Waals surface area contributed by atoms with Crippen LogP contribution in [0.4, 0.5) is 4.39 Å². The summed E-state index contributed by atoms with van der Waals surface area (Å²) in [6.07, 6.45) is 0.755. The van der Waals surface area contributed by atoms with Gasteiger partial charge >= 0.3 is 5.97 Å². The molecule has 0 aliphatic carbocycles. The van der Waals surface area contributed by atoms with Gasteiger partial charge in [0.25, 0.3) is 0 Å². The maximum absolute atomic E-state index is 14.0. The number of hydrogen-bond donors (Lipinski definition) is 2. The molecule has 1 aromatic rings. The number of carbonyl (C=O) groups excluding carboxylic acids is 1. The number of aliphatic hydroxyl groups excluding tert-OH is 1. The monoisotopic (exact) mass is 269 g/mol. The van der Waals surface area contributed by atoms with Gasteiger partial charge in [0.2, 0.25) is 0 Å². The number of likely N-dealkylation sites (N-methyl/N-ethyl adjacent to an activating group) is 1. The molecule has 1 aromatic carbocycles. The Morgan fingerprint density at radius 2 is 2.21 bits per heavy atom. The number of carbonyl (C=O) groups is 1. The summed E-state index contributed by atoms with van der Waals surface area (Å²) in [7, 11) is 2.84. The number of esters is 1. The van der Waals surface area contributed by atoms with E-state index in [2.05, 4.69) is 10.1 Å². The summed E-state index contributed by atoms with van der Waals surface area (Å²) in [5.74, 6) is -0.981. The normalized spacial score (nSPS) is 13.9. The first kappa shape index (κ1) is 15.6.